The molecule has 0 bridgehead atoms. The summed E-state index contributed by atoms with van der Waals surface area (Å²) in [4.78, 5) is 32.1. The van der Waals surface area contributed by atoms with E-state index in [-0.39, 0.29) is 29.1 Å². The van der Waals surface area contributed by atoms with Crippen molar-refractivity contribution in [2.75, 3.05) is 0 Å². The third kappa shape index (κ3) is 9.20. The molecule has 0 saturated heterocycles. The molecule has 1 N–H and O–H groups in total. The molecule has 0 saturated carbocycles. The summed E-state index contributed by atoms with van der Waals surface area (Å²) in [6.45, 7) is 22.2. The van der Waals surface area contributed by atoms with Crippen LogP contribution in [0.3, 0.4) is 0 Å². The summed E-state index contributed by atoms with van der Waals surface area (Å²) in [5, 5.41) is 14.0. The Morgan fingerprint density at radius 3 is 2.45 bits per heavy atom. The van der Waals surface area contributed by atoms with Crippen molar-refractivity contribution < 1.29 is 23.9 Å². The van der Waals surface area contributed by atoms with Crippen LogP contribution in [0.25, 0.3) is 6.08 Å². The number of cyclic esters (lactones) is 1. The molecule has 8 heteroatoms. The van der Waals surface area contributed by atoms with Crippen molar-refractivity contribution in [3.8, 4) is 0 Å². The van der Waals surface area contributed by atoms with Crippen molar-refractivity contribution in [1.82, 2.24) is 4.98 Å². The molecule has 1 aromatic rings. The molecule has 0 radical (unpaired) electrons. The van der Waals surface area contributed by atoms with Crippen LogP contribution in [-0.2, 0) is 18.8 Å². The second-order valence-corrected chi connectivity index (χ2v) is 19.5. The molecule has 0 spiro atoms. The molecule has 1 aliphatic rings. The van der Waals surface area contributed by atoms with Crippen LogP contribution in [0.4, 0.5) is 0 Å². The van der Waals surface area contributed by atoms with Gasteiger partial charge in [0.2, 0.25) is 0 Å². The van der Waals surface area contributed by atoms with E-state index in [4.69, 9.17) is 9.16 Å². The molecule has 2 heterocycles. The lowest BCUT2D eigenvalue weighted by Gasteiger charge is -2.44. The van der Waals surface area contributed by atoms with Gasteiger partial charge < -0.3 is 14.3 Å². The number of Topliss-reactive ketones (excluding diaryl/α,β-unsaturated/α-hetero) is 1. The van der Waals surface area contributed by atoms with Gasteiger partial charge in [-0.1, -0.05) is 60.6 Å². The van der Waals surface area contributed by atoms with Crippen molar-refractivity contribution in [2.24, 2.45) is 17.3 Å². The summed E-state index contributed by atoms with van der Waals surface area (Å²) >= 11 is 1.59. The normalized spacial score (nSPS) is 29.2. The van der Waals surface area contributed by atoms with E-state index in [9.17, 15) is 14.7 Å². The van der Waals surface area contributed by atoms with Gasteiger partial charge in [0.05, 0.1) is 29.3 Å². The fraction of sp³-hybridized carbons (Fsp3) is 0.719. The topological polar surface area (TPSA) is 85.7 Å². The molecule has 0 unspecified atom stereocenters. The van der Waals surface area contributed by atoms with E-state index >= 15 is 0 Å². The number of hydrogen-bond acceptors (Lipinski definition) is 7. The smallest absolute Gasteiger partial charge is 0.309 e. The van der Waals surface area contributed by atoms with Gasteiger partial charge in [-0.05, 0) is 68.8 Å². The number of aryl methyl sites for hydroxylation is 1. The van der Waals surface area contributed by atoms with Crippen LogP contribution in [0.1, 0.15) is 98.2 Å². The number of rotatable bonds is 4. The summed E-state index contributed by atoms with van der Waals surface area (Å²) in [5.74, 6) is -1.06. The Labute approximate surface area is 247 Å². The molecule has 6 nitrogen and oxygen atoms in total. The molecule has 2 rings (SSSR count). The molecule has 1 aromatic heterocycles. The van der Waals surface area contributed by atoms with Gasteiger partial charge in [-0.2, -0.15) is 0 Å². The van der Waals surface area contributed by atoms with Crippen molar-refractivity contribution >= 4 is 37.5 Å². The van der Waals surface area contributed by atoms with Crippen LogP contribution < -0.4 is 0 Å². The molecule has 0 aliphatic carbocycles. The predicted octanol–water partition coefficient (Wildman–Crippen LogP) is 7.91. The minimum absolute atomic E-state index is 0.0136. The maximum Gasteiger partial charge on any atom is 0.309 e. The van der Waals surface area contributed by atoms with Gasteiger partial charge >= 0.3 is 5.97 Å². The Balaban J connectivity index is 2.49. The third-order valence-corrected chi connectivity index (χ3v) is 14.2. The van der Waals surface area contributed by atoms with Crippen LogP contribution in [-0.4, -0.2) is 48.5 Å². The van der Waals surface area contributed by atoms with E-state index in [0.29, 0.717) is 6.42 Å². The lowest BCUT2D eigenvalue weighted by molar-refractivity contribution is -0.153. The fourth-order valence-corrected chi connectivity index (χ4v) is 6.91. The van der Waals surface area contributed by atoms with E-state index in [1.807, 2.05) is 46.1 Å². The van der Waals surface area contributed by atoms with Crippen LogP contribution in [0, 0.1) is 24.2 Å². The molecular weight excluding hydrogens is 539 g/mol. The van der Waals surface area contributed by atoms with Crippen molar-refractivity contribution in [3.05, 3.63) is 33.8 Å². The molecule has 0 fully saturated rings. The Morgan fingerprint density at radius 1 is 1.23 bits per heavy atom. The highest BCUT2D eigenvalue weighted by Crippen LogP contribution is 2.42. The third-order valence-electron chi connectivity index (χ3n) is 8.88. The van der Waals surface area contributed by atoms with Crippen molar-refractivity contribution in [1.29, 1.82) is 0 Å². The van der Waals surface area contributed by atoms with Crippen molar-refractivity contribution in [3.63, 3.8) is 0 Å². The first-order valence-corrected chi connectivity index (χ1v) is 18.5. The number of ketones is 1. The van der Waals surface area contributed by atoms with Crippen LogP contribution in [0.15, 0.2) is 23.1 Å². The molecule has 0 aromatic carbocycles. The number of allylic oxidation sites excluding steroid dienone is 1. The average molecular weight is 592 g/mol. The van der Waals surface area contributed by atoms with E-state index < -0.39 is 38.0 Å². The zero-order valence-electron chi connectivity index (χ0n) is 26.7. The van der Waals surface area contributed by atoms with E-state index in [1.54, 1.807) is 18.3 Å². The second-order valence-electron chi connectivity index (χ2n) is 13.7. The summed E-state index contributed by atoms with van der Waals surface area (Å²) in [6.07, 6.45) is 7.43. The number of carbonyl (C=O) groups excluding carboxylic acids is 2. The Kier molecular flexibility index (Phi) is 12.1. The SMILES string of the molecule is C/C(=C\c1csc(C)n1)[C@@H]1C/C=C/CCC[C@H](C)[C@H](O)[C@@H](C)C(=O)C(C)(C)[C@@H](O[Si](C)(C)C(C)(C)C)CC(=O)O1. The zero-order valence-corrected chi connectivity index (χ0v) is 28.5. The number of carbonyl (C=O) groups is 2. The monoisotopic (exact) mass is 591 g/mol. The van der Waals surface area contributed by atoms with E-state index in [0.717, 1.165) is 35.5 Å². The number of aromatic nitrogens is 1. The number of hydrogen-bond donors (Lipinski definition) is 1. The maximum absolute atomic E-state index is 13.9. The number of ether oxygens (including phenoxy) is 1. The number of thiazole rings is 1. The maximum atomic E-state index is 13.9. The number of nitrogens with zero attached hydrogens (tertiary/aromatic N) is 1. The average Bonchev–Trinajstić information content (AvgIpc) is 3.25. The molecule has 0 amide bonds. The number of aliphatic hydroxyl groups excluding tert-OH is 1. The predicted molar refractivity (Wildman–Crippen MR) is 168 cm³/mol. The first-order valence-electron chi connectivity index (χ1n) is 14.7. The Morgan fingerprint density at radius 2 is 1.88 bits per heavy atom. The summed E-state index contributed by atoms with van der Waals surface area (Å²) in [5.41, 5.74) is 0.788. The minimum atomic E-state index is -2.36. The lowest BCUT2D eigenvalue weighted by atomic mass is 9.73. The van der Waals surface area contributed by atoms with Crippen LogP contribution >= 0.6 is 11.3 Å². The largest absolute Gasteiger partial charge is 0.457 e. The summed E-state index contributed by atoms with van der Waals surface area (Å²) < 4.78 is 12.9. The molecular formula is C32H53NO5SSi. The Bertz CT molecular complexity index is 1070. The first-order chi connectivity index (χ1) is 18.4. The lowest BCUT2D eigenvalue weighted by Crippen LogP contribution is -2.52. The Hall–Kier alpha value is -1.61. The first kappa shape index (κ1) is 34.6. The highest BCUT2D eigenvalue weighted by Gasteiger charge is 2.48. The second kappa shape index (κ2) is 14.0. The minimum Gasteiger partial charge on any atom is -0.457 e. The quantitative estimate of drug-likeness (QED) is 0.218. The van der Waals surface area contributed by atoms with Crippen molar-refractivity contribution in [2.45, 2.75) is 131 Å². The number of aliphatic hydroxyl groups is 1. The standard InChI is InChI=1S/C32H53NO5SSi/c1-21-16-14-12-13-15-17-26(22(2)18-25-20-39-24(4)33-25)37-28(34)19-27(38-40(10,11)31(5,6)7)32(8,9)30(36)23(3)29(21)35/h13,15,18,20-21,23,26-27,29,35H,12,14,16-17,19H2,1-11H3/b15-13+,22-18+/t21-,23+,26-,27-,29-/m0/s1. The van der Waals surface area contributed by atoms with Gasteiger partial charge in [-0.25, -0.2) is 4.98 Å². The fourth-order valence-electron chi connectivity index (χ4n) is 4.89. The van der Waals surface area contributed by atoms with Gasteiger partial charge in [0, 0.05) is 23.1 Å². The number of esters is 1. The van der Waals surface area contributed by atoms with Crippen LogP contribution in [0.5, 0.6) is 0 Å². The van der Waals surface area contributed by atoms with Crippen LogP contribution in [0.2, 0.25) is 18.1 Å². The summed E-state index contributed by atoms with van der Waals surface area (Å²) in [7, 11) is -2.36. The van der Waals surface area contributed by atoms with Gasteiger partial charge in [0.15, 0.2) is 8.32 Å². The van der Waals surface area contributed by atoms with Gasteiger partial charge in [-0.15, -0.1) is 11.3 Å². The van der Waals surface area contributed by atoms with Gasteiger partial charge in [0.1, 0.15) is 11.9 Å². The summed E-state index contributed by atoms with van der Waals surface area (Å²) in [6, 6.07) is 0. The molecule has 40 heavy (non-hydrogen) atoms. The highest BCUT2D eigenvalue weighted by atomic mass is 32.1. The molecule has 226 valence electrons. The van der Waals surface area contributed by atoms with E-state index in [1.165, 1.54) is 0 Å². The molecule has 1 aliphatic heterocycles. The zero-order chi connectivity index (χ0) is 30.5. The van der Waals surface area contributed by atoms with Gasteiger partial charge in [0.25, 0.3) is 0 Å². The highest BCUT2D eigenvalue weighted by molar-refractivity contribution is 7.09. The van der Waals surface area contributed by atoms with E-state index in [2.05, 4.69) is 51.0 Å². The van der Waals surface area contributed by atoms with Gasteiger partial charge in [-0.3, -0.25) is 9.59 Å². The molecule has 5 atom stereocenters.